The zero-order chi connectivity index (χ0) is 21.8. The van der Waals surface area contributed by atoms with Crippen molar-refractivity contribution in [2.75, 3.05) is 26.2 Å². The number of aliphatic imine (C=N–C) groups is 2. The maximum atomic E-state index is 8.38. The molecule has 8 nitrogen and oxygen atoms in total. The van der Waals surface area contributed by atoms with Gasteiger partial charge in [-0.2, -0.15) is 0 Å². The maximum absolute atomic E-state index is 8.38. The number of rotatable bonds is 7. The van der Waals surface area contributed by atoms with Gasteiger partial charge in [-0.15, -0.1) is 0 Å². The molecule has 2 unspecified atom stereocenters. The molecule has 2 aliphatic rings. The van der Waals surface area contributed by atoms with Gasteiger partial charge in [-0.05, 0) is 49.7 Å². The summed E-state index contributed by atoms with van der Waals surface area (Å²) in [6, 6.07) is 4.96. The first-order valence-electron chi connectivity index (χ1n) is 9.96. The van der Waals surface area contributed by atoms with E-state index in [2.05, 4.69) is 20.2 Å². The van der Waals surface area contributed by atoms with Gasteiger partial charge in [0.1, 0.15) is 11.7 Å². The zero-order valence-electron chi connectivity index (χ0n) is 17.0. The Morgan fingerprint density at radius 1 is 1.33 bits per heavy atom. The van der Waals surface area contributed by atoms with Gasteiger partial charge in [0.2, 0.25) is 0 Å². The Kier molecular flexibility index (Phi) is 7.46. The lowest BCUT2D eigenvalue weighted by Crippen LogP contribution is -2.51. The average Bonchev–Trinajstić information content (AvgIpc) is 2.67. The van der Waals surface area contributed by atoms with Gasteiger partial charge < -0.3 is 22.2 Å². The van der Waals surface area contributed by atoms with Gasteiger partial charge in [-0.25, -0.2) is 4.99 Å². The first-order valence-corrected chi connectivity index (χ1v) is 10.7. The normalized spacial score (nSPS) is 21.6. The van der Waals surface area contributed by atoms with Crippen molar-refractivity contribution < 1.29 is 0 Å². The van der Waals surface area contributed by atoms with E-state index in [1.807, 2.05) is 13.0 Å². The Morgan fingerprint density at radius 3 is 2.73 bits per heavy atom. The fraction of sp³-hybridized carbons (Fsp3) is 0.500. The topological polar surface area (TPSA) is 140 Å². The van der Waals surface area contributed by atoms with Crippen molar-refractivity contribution in [2.45, 2.75) is 31.8 Å². The summed E-state index contributed by atoms with van der Waals surface area (Å²) in [5, 5.41) is 21.0. The Bertz CT molecular complexity index is 878. The van der Waals surface area contributed by atoms with E-state index in [1.165, 1.54) is 0 Å². The van der Waals surface area contributed by atoms with E-state index in [-0.39, 0.29) is 30.1 Å². The van der Waals surface area contributed by atoms with Crippen LogP contribution in [-0.4, -0.2) is 60.3 Å². The summed E-state index contributed by atoms with van der Waals surface area (Å²) in [6.07, 6.45) is 0.852. The number of benzene rings is 1. The molecule has 1 aromatic rings. The first-order chi connectivity index (χ1) is 14.3. The van der Waals surface area contributed by atoms with Crippen molar-refractivity contribution in [1.82, 2.24) is 10.2 Å². The van der Waals surface area contributed by atoms with Crippen molar-refractivity contribution in [1.29, 1.82) is 10.8 Å². The van der Waals surface area contributed by atoms with E-state index in [0.717, 1.165) is 18.7 Å². The van der Waals surface area contributed by atoms with Crippen LogP contribution in [0.4, 0.5) is 0 Å². The van der Waals surface area contributed by atoms with Crippen molar-refractivity contribution in [3.63, 3.8) is 0 Å². The summed E-state index contributed by atoms with van der Waals surface area (Å²) in [5.74, 6) is 1.15. The van der Waals surface area contributed by atoms with Gasteiger partial charge >= 0.3 is 0 Å². The molecule has 0 amide bonds. The van der Waals surface area contributed by atoms with Crippen molar-refractivity contribution in [2.24, 2.45) is 27.4 Å². The fourth-order valence-electron chi connectivity index (χ4n) is 3.76. The van der Waals surface area contributed by atoms with E-state index in [1.54, 1.807) is 12.1 Å². The van der Waals surface area contributed by atoms with E-state index >= 15 is 0 Å². The monoisotopic (exact) mass is 450 g/mol. The molecule has 3 rings (SSSR count). The largest absolute Gasteiger partial charge is 0.387 e. The minimum atomic E-state index is -0.330. The Labute approximate surface area is 186 Å². The van der Waals surface area contributed by atoms with E-state index in [9.17, 15) is 0 Å². The average molecular weight is 451 g/mol. The molecule has 0 radical (unpaired) electrons. The van der Waals surface area contributed by atoms with Gasteiger partial charge in [0.15, 0.2) is 5.84 Å². The van der Waals surface area contributed by atoms with Gasteiger partial charge in [-0.3, -0.25) is 15.3 Å². The molecule has 10 heteroatoms. The molecule has 162 valence electrons. The molecule has 1 saturated heterocycles. The molecule has 2 heterocycles. The molecule has 0 spiro atoms. The molecule has 1 fully saturated rings. The quantitative estimate of drug-likeness (QED) is 0.321. The lowest BCUT2D eigenvalue weighted by molar-refractivity contribution is 0.181. The number of nitrogens with zero attached hydrogens (tertiary/aromatic N) is 3. The Hall–Kier alpha value is -2.00. The lowest BCUT2D eigenvalue weighted by Gasteiger charge is -2.39. The third-order valence-corrected chi connectivity index (χ3v) is 6.18. The van der Waals surface area contributed by atoms with Crippen LogP contribution in [0.5, 0.6) is 0 Å². The molecular formula is C20H28Cl2N8. The lowest BCUT2D eigenvalue weighted by atomic mass is 9.98. The summed E-state index contributed by atoms with van der Waals surface area (Å²) in [6.45, 7) is 5.08. The molecule has 0 bridgehead atoms. The zero-order valence-corrected chi connectivity index (χ0v) is 18.5. The summed E-state index contributed by atoms with van der Waals surface area (Å²) in [5.41, 5.74) is 13.1. The second-order valence-electron chi connectivity index (χ2n) is 7.76. The smallest absolute Gasteiger partial charge is 0.167 e. The van der Waals surface area contributed by atoms with E-state index in [4.69, 9.17) is 45.5 Å². The van der Waals surface area contributed by atoms with Crippen molar-refractivity contribution in [3.8, 4) is 0 Å². The highest BCUT2D eigenvalue weighted by Crippen LogP contribution is 2.32. The molecule has 2 aliphatic heterocycles. The van der Waals surface area contributed by atoms with Crippen LogP contribution in [0.1, 0.15) is 31.4 Å². The molecule has 7 N–H and O–H groups in total. The van der Waals surface area contributed by atoms with Crippen LogP contribution >= 0.6 is 23.2 Å². The number of nitrogens with two attached hydrogens (primary N) is 2. The molecule has 0 saturated carbocycles. The minimum absolute atomic E-state index is 0.0733. The predicted octanol–water partition coefficient (Wildman–Crippen LogP) is 2.45. The van der Waals surface area contributed by atoms with Gasteiger partial charge in [0.05, 0.1) is 18.3 Å². The molecule has 0 aromatic heterocycles. The third-order valence-electron chi connectivity index (χ3n) is 5.60. The molecule has 30 heavy (non-hydrogen) atoms. The van der Waals surface area contributed by atoms with Crippen LogP contribution in [0.15, 0.2) is 28.2 Å². The van der Waals surface area contributed by atoms with Crippen LogP contribution in [-0.2, 0) is 0 Å². The highest BCUT2D eigenvalue weighted by molar-refractivity contribution is 6.41. The SMILES string of the molecule is CC(c1cc(Cl)ccc1Cl)N1CCN=C(N)C1CC(=N)C(=N)N=C(N)CC1CNC1. The number of nitrogens with one attached hydrogen (secondary N) is 3. The van der Waals surface area contributed by atoms with Crippen molar-refractivity contribution in [3.05, 3.63) is 33.8 Å². The second-order valence-corrected chi connectivity index (χ2v) is 8.61. The number of hydrogen-bond acceptors (Lipinski definition) is 6. The first kappa shape index (κ1) is 22.7. The highest BCUT2D eigenvalue weighted by Gasteiger charge is 2.32. The summed E-state index contributed by atoms with van der Waals surface area (Å²) in [4.78, 5) is 10.6. The molecule has 0 aliphatic carbocycles. The Balaban J connectivity index is 1.72. The number of halogens is 2. The third kappa shape index (κ3) is 5.37. The number of amidine groups is 3. The minimum Gasteiger partial charge on any atom is -0.387 e. The molecular weight excluding hydrogens is 423 g/mol. The fourth-order valence-corrected chi connectivity index (χ4v) is 4.22. The van der Waals surface area contributed by atoms with E-state index < -0.39 is 0 Å². The summed E-state index contributed by atoms with van der Waals surface area (Å²) >= 11 is 12.6. The highest BCUT2D eigenvalue weighted by atomic mass is 35.5. The van der Waals surface area contributed by atoms with Gasteiger partial charge in [0, 0.05) is 35.5 Å². The molecule has 2 atom stereocenters. The van der Waals surface area contributed by atoms with E-state index in [0.29, 0.717) is 47.1 Å². The van der Waals surface area contributed by atoms with Crippen molar-refractivity contribution >= 4 is 46.4 Å². The van der Waals surface area contributed by atoms with Crippen LogP contribution in [0.2, 0.25) is 10.0 Å². The second kappa shape index (κ2) is 9.87. The predicted molar refractivity (Wildman–Crippen MR) is 125 cm³/mol. The van der Waals surface area contributed by atoms with Gasteiger partial charge in [0.25, 0.3) is 0 Å². The number of hydrogen-bond donors (Lipinski definition) is 5. The molecule has 1 aromatic carbocycles. The standard InChI is InChI=1S/C20H28Cl2N8/c1-11(14-7-13(21)2-3-15(14)22)30-5-4-28-20(26)17(30)8-16(23)19(25)29-18(24)6-12-9-27-10-12/h2-3,7,11-12,17,23,27H,4-6,8-10H2,1H3,(H2,26,28)(H3,24,25,29). The van der Waals surface area contributed by atoms with Crippen LogP contribution < -0.4 is 16.8 Å². The van der Waals surface area contributed by atoms with Crippen LogP contribution in [0.3, 0.4) is 0 Å². The Morgan fingerprint density at radius 2 is 2.07 bits per heavy atom. The summed E-state index contributed by atoms with van der Waals surface area (Å²) in [7, 11) is 0. The van der Waals surface area contributed by atoms with Crippen LogP contribution in [0.25, 0.3) is 0 Å². The summed E-state index contributed by atoms with van der Waals surface area (Å²) < 4.78 is 0. The van der Waals surface area contributed by atoms with Gasteiger partial charge in [-0.1, -0.05) is 23.2 Å². The van der Waals surface area contributed by atoms with Crippen LogP contribution in [0, 0.1) is 16.7 Å². The maximum Gasteiger partial charge on any atom is 0.167 e.